The Morgan fingerprint density at radius 3 is 2.67 bits per heavy atom. The van der Waals surface area contributed by atoms with Gasteiger partial charge in [-0.3, -0.25) is 4.79 Å². The lowest BCUT2D eigenvalue weighted by Gasteiger charge is -2.14. The van der Waals surface area contributed by atoms with Gasteiger partial charge in [-0.05, 0) is 49.9 Å². The maximum absolute atomic E-state index is 11.7. The minimum Gasteiger partial charge on any atom is -0.348 e. The van der Waals surface area contributed by atoms with Crippen LogP contribution < -0.4 is 10.6 Å². The van der Waals surface area contributed by atoms with E-state index in [0.717, 1.165) is 22.5 Å². The Balaban J connectivity index is 1.73. The summed E-state index contributed by atoms with van der Waals surface area (Å²) in [6.07, 6.45) is 2.62. The maximum Gasteiger partial charge on any atom is 0.234 e. The molecule has 1 amide bonds. The molecule has 3 nitrogen and oxygen atoms in total. The highest BCUT2D eigenvalue weighted by molar-refractivity contribution is 9.10. The average molecular weight is 311 g/mol. The first-order valence-corrected chi connectivity index (χ1v) is 7.20. The van der Waals surface area contributed by atoms with Crippen LogP contribution >= 0.6 is 15.9 Å². The molecule has 1 saturated carbocycles. The summed E-state index contributed by atoms with van der Waals surface area (Å²) in [5, 5.41) is 6.19. The van der Waals surface area contributed by atoms with Crippen molar-refractivity contribution in [2.24, 2.45) is 5.92 Å². The number of carbonyl (C=O) groups excluding carboxylic acids is 1. The first-order chi connectivity index (χ1) is 8.65. The normalized spacial score (nSPS) is 16.3. The van der Waals surface area contributed by atoms with Crippen LogP contribution in [0, 0.1) is 5.92 Å². The number of benzene rings is 1. The van der Waals surface area contributed by atoms with Gasteiger partial charge in [-0.2, -0.15) is 0 Å². The van der Waals surface area contributed by atoms with Crippen LogP contribution in [0.1, 0.15) is 31.4 Å². The van der Waals surface area contributed by atoms with Crippen LogP contribution in [0.25, 0.3) is 0 Å². The summed E-state index contributed by atoms with van der Waals surface area (Å²) >= 11 is 3.40. The molecule has 98 valence electrons. The van der Waals surface area contributed by atoms with Crippen molar-refractivity contribution >= 4 is 21.8 Å². The van der Waals surface area contributed by atoms with Gasteiger partial charge in [-0.15, -0.1) is 0 Å². The van der Waals surface area contributed by atoms with E-state index in [4.69, 9.17) is 0 Å². The molecule has 0 aliphatic heterocycles. The minimum absolute atomic E-state index is 0.0494. The van der Waals surface area contributed by atoms with Gasteiger partial charge in [0, 0.05) is 4.47 Å². The molecule has 0 bridgehead atoms. The molecule has 0 aromatic heterocycles. The van der Waals surface area contributed by atoms with E-state index in [0.29, 0.717) is 6.54 Å². The van der Waals surface area contributed by atoms with Crippen molar-refractivity contribution in [2.45, 2.75) is 25.8 Å². The van der Waals surface area contributed by atoms with Crippen molar-refractivity contribution in [2.75, 3.05) is 13.1 Å². The number of carbonyl (C=O) groups is 1. The zero-order valence-electron chi connectivity index (χ0n) is 10.6. The first-order valence-electron chi connectivity index (χ1n) is 6.40. The standard InChI is InChI=1S/C14H19BrN2O/c1-10(12-4-6-13(15)7-5-12)17-14(18)9-16-8-11-2-3-11/h4-7,10-11,16H,2-3,8-9H2,1H3,(H,17,18)/t10-/m0/s1. The second kappa shape index (κ2) is 6.34. The third kappa shape index (κ3) is 4.42. The Morgan fingerprint density at radius 1 is 1.39 bits per heavy atom. The Labute approximate surface area is 116 Å². The molecule has 1 aliphatic carbocycles. The molecule has 1 aromatic carbocycles. The van der Waals surface area contributed by atoms with E-state index in [9.17, 15) is 4.79 Å². The summed E-state index contributed by atoms with van der Waals surface area (Å²) in [5.74, 6) is 0.868. The van der Waals surface area contributed by atoms with Crippen molar-refractivity contribution in [3.8, 4) is 0 Å². The molecule has 0 unspecified atom stereocenters. The lowest BCUT2D eigenvalue weighted by atomic mass is 10.1. The third-order valence-electron chi connectivity index (χ3n) is 3.16. The lowest BCUT2D eigenvalue weighted by Crippen LogP contribution is -2.36. The molecular formula is C14H19BrN2O. The molecule has 0 radical (unpaired) electrons. The highest BCUT2D eigenvalue weighted by Gasteiger charge is 2.20. The zero-order valence-corrected chi connectivity index (χ0v) is 12.2. The van der Waals surface area contributed by atoms with E-state index in [1.54, 1.807) is 0 Å². The van der Waals surface area contributed by atoms with Gasteiger partial charge in [0.15, 0.2) is 0 Å². The largest absolute Gasteiger partial charge is 0.348 e. The van der Waals surface area contributed by atoms with Crippen molar-refractivity contribution in [3.63, 3.8) is 0 Å². The van der Waals surface area contributed by atoms with Gasteiger partial charge in [0.1, 0.15) is 0 Å². The highest BCUT2D eigenvalue weighted by atomic mass is 79.9. The zero-order chi connectivity index (χ0) is 13.0. The SMILES string of the molecule is C[C@H](NC(=O)CNCC1CC1)c1ccc(Br)cc1. The van der Waals surface area contributed by atoms with E-state index in [1.165, 1.54) is 12.8 Å². The predicted molar refractivity (Wildman–Crippen MR) is 76.3 cm³/mol. The second-order valence-electron chi connectivity index (χ2n) is 4.92. The van der Waals surface area contributed by atoms with Gasteiger partial charge >= 0.3 is 0 Å². The smallest absolute Gasteiger partial charge is 0.234 e. The van der Waals surface area contributed by atoms with Gasteiger partial charge in [0.05, 0.1) is 12.6 Å². The highest BCUT2D eigenvalue weighted by Crippen LogP contribution is 2.27. The van der Waals surface area contributed by atoms with E-state index >= 15 is 0 Å². The Bertz CT molecular complexity index is 401. The van der Waals surface area contributed by atoms with Crippen LogP contribution in [0.2, 0.25) is 0 Å². The topological polar surface area (TPSA) is 41.1 Å². The molecule has 1 atom stereocenters. The number of amides is 1. The van der Waals surface area contributed by atoms with Crippen molar-refractivity contribution < 1.29 is 4.79 Å². The maximum atomic E-state index is 11.7. The van der Waals surface area contributed by atoms with Crippen LogP contribution in [0.4, 0.5) is 0 Å². The van der Waals surface area contributed by atoms with Crippen molar-refractivity contribution in [3.05, 3.63) is 34.3 Å². The molecule has 1 aliphatic rings. The average Bonchev–Trinajstić information content (AvgIpc) is 3.13. The fourth-order valence-electron chi connectivity index (χ4n) is 1.84. The minimum atomic E-state index is 0.0494. The molecular weight excluding hydrogens is 292 g/mol. The van der Waals surface area contributed by atoms with Crippen molar-refractivity contribution in [1.82, 2.24) is 10.6 Å². The Kier molecular flexibility index (Phi) is 4.78. The molecule has 0 spiro atoms. The van der Waals surface area contributed by atoms with Crippen LogP contribution in [0.15, 0.2) is 28.7 Å². The first kappa shape index (κ1) is 13.6. The van der Waals surface area contributed by atoms with Gasteiger partial charge < -0.3 is 10.6 Å². The van der Waals surface area contributed by atoms with Gasteiger partial charge in [-0.1, -0.05) is 28.1 Å². The molecule has 4 heteroatoms. The molecule has 0 saturated heterocycles. The number of nitrogens with one attached hydrogen (secondary N) is 2. The van der Waals surface area contributed by atoms with Gasteiger partial charge in [0.25, 0.3) is 0 Å². The fraction of sp³-hybridized carbons (Fsp3) is 0.500. The van der Waals surface area contributed by atoms with E-state index in [-0.39, 0.29) is 11.9 Å². The summed E-state index contributed by atoms with van der Waals surface area (Å²) < 4.78 is 1.05. The predicted octanol–water partition coefficient (Wildman–Crippen LogP) is 2.63. The van der Waals surface area contributed by atoms with E-state index < -0.39 is 0 Å². The molecule has 0 heterocycles. The van der Waals surface area contributed by atoms with E-state index in [1.807, 2.05) is 31.2 Å². The summed E-state index contributed by atoms with van der Waals surface area (Å²) in [6.45, 7) is 3.39. The molecule has 1 aromatic rings. The summed E-state index contributed by atoms with van der Waals surface area (Å²) in [6, 6.07) is 8.07. The number of hydrogen-bond donors (Lipinski definition) is 2. The lowest BCUT2D eigenvalue weighted by molar-refractivity contribution is -0.120. The molecule has 2 N–H and O–H groups in total. The summed E-state index contributed by atoms with van der Waals surface area (Å²) in [7, 11) is 0. The monoisotopic (exact) mass is 310 g/mol. The van der Waals surface area contributed by atoms with Crippen LogP contribution in [-0.2, 0) is 4.79 Å². The number of halogens is 1. The molecule has 1 fully saturated rings. The number of rotatable bonds is 6. The molecule has 18 heavy (non-hydrogen) atoms. The Morgan fingerprint density at radius 2 is 2.06 bits per heavy atom. The van der Waals surface area contributed by atoms with E-state index in [2.05, 4.69) is 26.6 Å². The van der Waals surface area contributed by atoms with Crippen LogP contribution in [0.3, 0.4) is 0 Å². The Hall–Kier alpha value is -0.870. The van der Waals surface area contributed by atoms with Gasteiger partial charge in [-0.25, -0.2) is 0 Å². The quantitative estimate of drug-likeness (QED) is 0.848. The fourth-order valence-corrected chi connectivity index (χ4v) is 2.10. The second-order valence-corrected chi connectivity index (χ2v) is 5.83. The van der Waals surface area contributed by atoms with Crippen LogP contribution in [-0.4, -0.2) is 19.0 Å². The van der Waals surface area contributed by atoms with Crippen LogP contribution in [0.5, 0.6) is 0 Å². The van der Waals surface area contributed by atoms with Gasteiger partial charge in [0.2, 0.25) is 5.91 Å². The summed E-state index contributed by atoms with van der Waals surface area (Å²) in [4.78, 5) is 11.7. The van der Waals surface area contributed by atoms with Crippen molar-refractivity contribution in [1.29, 1.82) is 0 Å². The molecule has 2 rings (SSSR count). The summed E-state index contributed by atoms with van der Waals surface area (Å²) in [5.41, 5.74) is 1.12. The number of hydrogen-bond acceptors (Lipinski definition) is 2. The third-order valence-corrected chi connectivity index (χ3v) is 3.69.